The number of hydrogen-bond acceptors (Lipinski definition) is 4. The first kappa shape index (κ1) is 11.9. The van der Waals surface area contributed by atoms with Crippen molar-refractivity contribution in [3.05, 3.63) is 0 Å². The lowest BCUT2D eigenvalue weighted by molar-refractivity contribution is -0.149. The van der Waals surface area contributed by atoms with Gasteiger partial charge in [-0.2, -0.15) is 0 Å². The van der Waals surface area contributed by atoms with Crippen LogP contribution >= 0.6 is 0 Å². The van der Waals surface area contributed by atoms with E-state index in [-0.39, 0.29) is 25.4 Å². The van der Waals surface area contributed by atoms with Gasteiger partial charge in [0.15, 0.2) is 0 Å². The standard InChI is InChI=1S/C9H16N2O4/c1-5(3-10)8(13)11-4-6(12)2-7(11)9(14)15/h5-7,12H,2-4,10H2,1H3,(H,14,15)/t5?,6-,7+/m1/s1. The molecule has 1 amide bonds. The van der Waals surface area contributed by atoms with Crippen LogP contribution in [0.1, 0.15) is 13.3 Å². The number of hydrogen-bond donors (Lipinski definition) is 3. The van der Waals surface area contributed by atoms with Gasteiger partial charge in [0.05, 0.1) is 6.10 Å². The molecule has 1 aliphatic rings. The van der Waals surface area contributed by atoms with Gasteiger partial charge in [-0.25, -0.2) is 4.79 Å². The number of β-amino-alcohol motifs (C(OH)–C–C–N with tert-alkyl or cyclic N) is 1. The number of aliphatic hydroxyl groups excluding tert-OH is 1. The van der Waals surface area contributed by atoms with E-state index in [9.17, 15) is 14.7 Å². The summed E-state index contributed by atoms with van der Waals surface area (Å²) < 4.78 is 0. The Hall–Kier alpha value is -1.14. The normalized spacial score (nSPS) is 27.8. The van der Waals surface area contributed by atoms with E-state index < -0.39 is 24.0 Å². The number of carbonyl (C=O) groups is 2. The summed E-state index contributed by atoms with van der Waals surface area (Å²) >= 11 is 0. The number of carboxylic acids is 1. The van der Waals surface area contributed by atoms with Crippen LogP contribution in [0.25, 0.3) is 0 Å². The van der Waals surface area contributed by atoms with E-state index in [4.69, 9.17) is 10.8 Å². The summed E-state index contributed by atoms with van der Waals surface area (Å²) in [5.74, 6) is -1.79. The molecule has 3 atom stereocenters. The topological polar surface area (TPSA) is 104 Å². The average molecular weight is 216 g/mol. The molecule has 6 heteroatoms. The van der Waals surface area contributed by atoms with Gasteiger partial charge in [0.25, 0.3) is 0 Å². The molecule has 1 saturated heterocycles. The van der Waals surface area contributed by atoms with E-state index in [0.717, 1.165) is 0 Å². The molecule has 0 saturated carbocycles. The molecule has 1 heterocycles. The van der Waals surface area contributed by atoms with Gasteiger partial charge in [0, 0.05) is 25.4 Å². The number of nitrogens with two attached hydrogens (primary N) is 1. The number of aliphatic hydroxyl groups is 1. The maximum atomic E-state index is 11.7. The van der Waals surface area contributed by atoms with Crippen molar-refractivity contribution in [2.45, 2.75) is 25.5 Å². The van der Waals surface area contributed by atoms with Crippen LogP contribution in [0, 0.1) is 5.92 Å². The Morgan fingerprint density at radius 1 is 1.60 bits per heavy atom. The Morgan fingerprint density at radius 3 is 2.67 bits per heavy atom. The SMILES string of the molecule is CC(CN)C(=O)N1C[C@H](O)C[C@H]1C(=O)O. The van der Waals surface area contributed by atoms with Crippen molar-refractivity contribution >= 4 is 11.9 Å². The molecule has 4 N–H and O–H groups in total. The Balaban J connectivity index is 2.75. The monoisotopic (exact) mass is 216 g/mol. The minimum atomic E-state index is -1.08. The smallest absolute Gasteiger partial charge is 0.326 e. The lowest BCUT2D eigenvalue weighted by atomic mass is 10.1. The first-order chi connectivity index (χ1) is 6.97. The number of nitrogens with zero attached hydrogens (tertiary/aromatic N) is 1. The summed E-state index contributed by atoms with van der Waals surface area (Å²) in [6, 6.07) is -0.915. The average Bonchev–Trinajstić information content (AvgIpc) is 2.58. The number of aliphatic carboxylic acids is 1. The highest BCUT2D eigenvalue weighted by molar-refractivity contribution is 5.85. The van der Waals surface area contributed by atoms with Crippen molar-refractivity contribution in [2.75, 3.05) is 13.1 Å². The molecule has 0 aromatic heterocycles. The summed E-state index contributed by atoms with van der Waals surface area (Å²) in [7, 11) is 0. The van der Waals surface area contributed by atoms with Crippen molar-refractivity contribution in [3.8, 4) is 0 Å². The fourth-order valence-electron chi connectivity index (χ4n) is 1.68. The van der Waals surface area contributed by atoms with Crippen molar-refractivity contribution in [3.63, 3.8) is 0 Å². The molecule has 6 nitrogen and oxygen atoms in total. The Morgan fingerprint density at radius 2 is 2.20 bits per heavy atom. The molecule has 0 aromatic rings. The summed E-state index contributed by atoms with van der Waals surface area (Å²) in [4.78, 5) is 23.7. The molecule has 1 fully saturated rings. The van der Waals surface area contributed by atoms with Gasteiger partial charge in [0.2, 0.25) is 5.91 Å². The van der Waals surface area contributed by atoms with E-state index in [1.807, 2.05) is 0 Å². The van der Waals surface area contributed by atoms with Crippen LogP contribution in [0.2, 0.25) is 0 Å². The Bertz CT molecular complexity index is 269. The first-order valence-corrected chi connectivity index (χ1v) is 4.88. The van der Waals surface area contributed by atoms with Crippen LogP contribution in [0.5, 0.6) is 0 Å². The zero-order valence-corrected chi connectivity index (χ0v) is 8.59. The van der Waals surface area contributed by atoms with Gasteiger partial charge >= 0.3 is 5.97 Å². The molecular weight excluding hydrogens is 200 g/mol. The third kappa shape index (κ3) is 2.45. The van der Waals surface area contributed by atoms with Crippen molar-refractivity contribution < 1.29 is 19.8 Å². The summed E-state index contributed by atoms with van der Waals surface area (Å²) in [6.45, 7) is 1.91. The molecular formula is C9H16N2O4. The first-order valence-electron chi connectivity index (χ1n) is 4.88. The molecule has 0 aliphatic carbocycles. The van der Waals surface area contributed by atoms with Gasteiger partial charge in [-0.15, -0.1) is 0 Å². The lowest BCUT2D eigenvalue weighted by Crippen LogP contribution is -2.44. The van der Waals surface area contributed by atoms with Gasteiger partial charge in [0.1, 0.15) is 6.04 Å². The lowest BCUT2D eigenvalue weighted by Gasteiger charge is -2.23. The highest BCUT2D eigenvalue weighted by Crippen LogP contribution is 2.20. The summed E-state index contributed by atoms with van der Waals surface area (Å²) in [6.07, 6.45) is -0.654. The maximum Gasteiger partial charge on any atom is 0.326 e. The van der Waals surface area contributed by atoms with E-state index >= 15 is 0 Å². The van der Waals surface area contributed by atoms with Gasteiger partial charge < -0.3 is 20.8 Å². The molecule has 0 spiro atoms. The second-order valence-corrected chi connectivity index (χ2v) is 3.87. The zero-order valence-electron chi connectivity index (χ0n) is 8.59. The maximum absolute atomic E-state index is 11.7. The molecule has 1 aliphatic heterocycles. The Labute approximate surface area is 87.7 Å². The molecule has 0 bridgehead atoms. The van der Waals surface area contributed by atoms with E-state index in [0.29, 0.717) is 0 Å². The van der Waals surface area contributed by atoms with Crippen LogP contribution in [-0.2, 0) is 9.59 Å². The van der Waals surface area contributed by atoms with E-state index in [1.165, 1.54) is 4.90 Å². The van der Waals surface area contributed by atoms with Crippen LogP contribution in [0.4, 0.5) is 0 Å². The van der Waals surface area contributed by atoms with Crippen LogP contribution in [-0.4, -0.2) is 52.2 Å². The highest BCUT2D eigenvalue weighted by Gasteiger charge is 2.39. The number of likely N-dealkylation sites (tertiary alicyclic amines) is 1. The van der Waals surface area contributed by atoms with Crippen LogP contribution in [0.15, 0.2) is 0 Å². The number of carbonyl (C=O) groups excluding carboxylic acids is 1. The van der Waals surface area contributed by atoms with E-state index in [2.05, 4.69) is 0 Å². The molecule has 0 aromatic carbocycles. The minimum Gasteiger partial charge on any atom is -0.480 e. The zero-order chi connectivity index (χ0) is 11.6. The largest absolute Gasteiger partial charge is 0.480 e. The predicted octanol–water partition coefficient (Wildman–Crippen LogP) is -1.37. The van der Waals surface area contributed by atoms with Crippen molar-refractivity contribution in [1.82, 2.24) is 4.90 Å². The number of carboxylic acid groups (broad SMARTS) is 1. The quantitative estimate of drug-likeness (QED) is 0.540. The van der Waals surface area contributed by atoms with Crippen LogP contribution < -0.4 is 5.73 Å². The van der Waals surface area contributed by atoms with E-state index in [1.54, 1.807) is 6.92 Å². The minimum absolute atomic E-state index is 0.0835. The van der Waals surface area contributed by atoms with Gasteiger partial charge in [-0.1, -0.05) is 6.92 Å². The summed E-state index contributed by atoms with van der Waals surface area (Å²) in [5.41, 5.74) is 5.34. The molecule has 86 valence electrons. The third-order valence-electron chi connectivity index (χ3n) is 2.62. The van der Waals surface area contributed by atoms with Crippen molar-refractivity contribution in [2.24, 2.45) is 11.7 Å². The molecule has 1 rings (SSSR count). The van der Waals surface area contributed by atoms with Gasteiger partial charge in [-0.05, 0) is 0 Å². The fraction of sp³-hybridized carbons (Fsp3) is 0.778. The number of amides is 1. The third-order valence-corrected chi connectivity index (χ3v) is 2.62. The number of rotatable bonds is 3. The molecule has 0 radical (unpaired) electrons. The molecule has 15 heavy (non-hydrogen) atoms. The Kier molecular flexibility index (Phi) is 3.65. The predicted molar refractivity (Wildman–Crippen MR) is 52.0 cm³/mol. The second-order valence-electron chi connectivity index (χ2n) is 3.87. The summed E-state index contributed by atoms with van der Waals surface area (Å²) in [5, 5.41) is 18.2. The van der Waals surface area contributed by atoms with Crippen molar-refractivity contribution in [1.29, 1.82) is 0 Å². The van der Waals surface area contributed by atoms with Crippen LogP contribution in [0.3, 0.4) is 0 Å². The highest BCUT2D eigenvalue weighted by atomic mass is 16.4. The second kappa shape index (κ2) is 4.59. The molecule has 1 unspecified atom stereocenters. The van der Waals surface area contributed by atoms with Gasteiger partial charge in [-0.3, -0.25) is 4.79 Å². The fourth-order valence-corrected chi connectivity index (χ4v) is 1.68.